The van der Waals surface area contributed by atoms with Gasteiger partial charge in [0.1, 0.15) is 0 Å². The van der Waals surface area contributed by atoms with Crippen LogP contribution in [0.1, 0.15) is 6.42 Å². The summed E-state index contributed by atoms with van der Waals surface area (Å²) in [4.78, 5) is 24.0. The summed E-state index contributed by atoms with van der Waals surface area (Å²) in [5.74, 6) is -1.17. The Morgan fingerprint density at radius 1 is 1.54 bits per heavy atom. The van der Waals surface area contributed by atoms with E-state index in [4.69, 9.17) is 5.26 Å². The molecule has 0 aromatic carbocycles. The highest BCUT2D eigenvalue weighted by molar-refractivity contribution is 6.07. The van der Waals surface area contributed by atoms with Gasteiger partial charge in [-0.25, -0.2) is 0 Å². The molecule has 0 spiro atoms. The standard InChI is InChI=1S/C9H8N2O2/c1-11-8(12)6-3-2-5(4-10)7(6)9(11)13/h2,6-7H,3H2,1H3. The summed E-state index contributed by atoms with van der Waals surface area (Å²) in [6.07, 6.45) is 2.22. The summed E-state index contributed by atoms with van der Waals surface area (Å²) in [5, 5.41) is 8.70. The van der Waals surface area contributed by atoms with Crippen molar-refractivity contribution in [2.45, 2.75) is 6.42 Å². The van der Waals surface area contributed by atoms with Gasteiger partial charge in [-0.05, 0) is 6.42 Å². The lowest BCUT2D eigenvalue weighted by atomic mass is 9.94. The fourth-order valence-electron chi connectivity index (χ4n) is 1.96. The topological polar surface area (TPSA) is 61.2 Å². The SMILES string of the molecule is CN1C(=O)C2CC=C(C#N)C2C1=O. The van der Waals surface area contributed by atoms with Crippen LogP contribution in [0.4, 0.5) is 0 Å². The van der Waals surface area contributed by atoms with Gasteiger partial charge in [0.15, 0.2) is 0 Å². The Morgan fingerprint density at radius 3 is 2.85 bits per heavy atom. The maximum atomic E-state index is 11.5. The average molecular weight is 176 g/mol. The van der Waals surface area contributed by atoms with Crippen LogP contribution in [-0.4, -0.2) is 23.8 Å². The fraction of sp³-hybridized carbons (Fsp3) is 0.444. The van der Waals surface area contributed by atoms with Crippen LogP contribution in [0.15, 0.2) is 11.6 Å². The van der Waals surface area contributed by atoms with Crippen molar-refractivity contribution in [1.29, 1.82) is 5.26 Å². The van der Waals surface area contributed by atoms with E-state index < -0.39 is 5.92 Å². The molecule has 4 nitrogen and oxygen atoms in total. The van der Waals surface area contributed by atoms with Crippen LogP contribution in [0.2, 0.25) is 0 Å². The lowest BCUT2D eigenvalue weighted by Crippen LogP contribution is -2.26. The molecule has 13 heavy (non-hydrogen) atoms. The number of rotatable bonds is 0. The van der Waals surface area contributed by atoms with E-state index in [-0.39, 0.29) is 17.7 Å². The molecule has 0 radical (unpaired) electrons. The second-order valence-corrected chi connectivity index (χ2v) is 3.33. The van der Waals surface area contributed by atoms with Gasteiger partial charge in [-0.1, -0.05) is 6.08 Å². The summed E-state index contributed by atoms with van der Waals surface area (Å²) in [6, 6.07) is 1.97. The number of carbonyl (C=O) groups is 2. The molecule has 1 saturated heterocycles. The predicted molar refractivity (Wildman–Crippen MR) is 43.1 cm³/mol. The van der Waals surface area contributed by atoms with Crippen molar-refractivity contribution in [3.63, 3.8) is 0 Å². The molecule has 2 aliphatic rings. The van der Waals surface area contributed by atoms with Crippen molar-refractivity contribution in [3.8, 4) is 6.07 Å². The molecule has 1 aliphatic carbocycles. The van der Waals surface area contributed by atoms with E-state index in [1.807, 2.05) is 6.07 Å². The molecule has 2 rings (SSSR count). The first-order valence-corrected chi connectivity index (χ1v) is 4.08. The van der Waals surface area contributed by atoms with E-state index in [0.29, 0.717) is 12.0 Å². The summed E-state index contributed by atoms with van der Waals surface area (Å²) in [6.45, 7) is 0. The van der Waals surface area contributed by atoms with Gasteiger partial charge in [0, 0.05) is 12.6 Å². The Kier molecular flexibility index (Phi) is 1.49. The van der Waals surface area contributed by atoms with E-state index in [1.165, 1.54) is 7.05 Å². The molecule has 1 fully saturated rings. The lowest BCUT2D eigenvalue weighted by Gasteiger charge is -2.05. The monoisotopic (exact) mass is 176 g/mol. The molecule has 0 N–H and O–H groups in total. The zero-order chi connectivity index (χ0) is 9.59. The van der Waals surface area contributed by atoms with E-state index in [1.54, 1.807) is 6.08 Å². The highest BCUT2D eigenvalue weighted by Gasteiger charge is 2.49. The van der Waals surface area contributed by atoms with Gasteiger partial charge in [0.2, 0.25) is 11.8 Å². The van der Waals surface area contributed by atoms with Crippen LogP contribution in [0.5, 0.6) is 0 Å². The molecule has 66 valence electrons. The van der Waals surface area contributed by atoms with E-state index in [0.717, 1.165) is 4.90 Å². The number of amides is 2. The molecule has 2 unspecified atom stereocenters. The third-order valence-corrected chi connectivity index (χ3v) is 2.70. The summed E-state index contributed by atoms with van der Waals surface area (Å²) >= 11 is 0. The van der Waals surface area contributed by atoms with Gasteiger partial charge in [-0.3, -0.25) is 14.5 Å². The molecule has 1 heterocycles. The van der Waals surface area contributed by atoms with Crippen molar-refractivity contribution < 1.29 is 9.59 Å². The first-order valence-electron chi connectivity index (χ1n) is 4.08. The third kappa shape index (κ3) is 0.842. The largest absolute Gasteiger partial charge is 0.285 e. The van der Waals surface area contributed by atoms with Gasteiger partial charge >= 0.3 is 0 Å². The Balaban J connectivity index is 2.40. The maximum absolute atomic E-state index is 11.5. The van der Waals surface area contributed by atoms with Crippen LogP contribution in [-0.2, 0) is 9.59 Å². The van der Waals surface area contributed by atoms with Gasteiger partial charge in [-0.15, -0.1) is 0 Å². The summed E-state index contributed by atoms with van der Waals surface area (Å²) < 4.78 is 0. The lowest BCUT2D eigenvalue weighted by molar-refractivity contribution is -0.138. The molecule has 0 saturated carbocycles. The molecule has 1 aliphatic heterocycles. The number of hydrogen-bond donors (Lipinski definition) is 0. The zero-order valence-electron chi connectivity index (χ0n) is 7.15. The normalized spacial score (nSPS) is 31.7. The quantitative estimate of drug-likeness (QED) is 0.491. The summed E-state index contributed by atoms with van der Waals surface area (Å²) in [5.41, 5.74) is 0.452. The van der Waals surface area contributed by atoms with Crippen LogP contribution < -0.4 is 0 Å². The highest BCUT2D eigenvalue weighted by Crippen LogP contribution is 2.38. The zero-order valence-corrected chi connectivity index (χ0v) is 7.15. The molecule has 0 aromatic rings. The molecule has 0 bridgehead atoms. The minimum Gasteiger partial charge on any atom is -0.285 e. The van der Waals surface area contributed by atoms with Crippen molar-refractivity contribution in [3.05, 3.63) is 11.6 Å². The Labute approximate surface area is 75.4 Å². The third-order valence-electron chi connectivity index (χ3n) is 2.70. The number of fused-ring (bicyclic) bond motifs is 1. The Bertz CT molecular complexity index is 364. The highest BCUT2D eigenvalue weighted by atomic mass is 16.2. The van der Waals surface area contributed by atoms with E-state index >= 15 is 0 Å². The van der Waals surface area contributed by atoms with Crippen molar-refractivity contribution in [2.75, 3.05) is 7.05 Å². The van der Waals surface area contributed by atoms with Crippen LogP contribution in [0.3, 0.4) is 0 Å². The second kappa shape index (κ2) is 2.43. The molecule has 4 heteroatoms. The minimum atomic E-state index is -0.484. The molecular weight excluding hydrogens is 168 g/mol. The second-order valence-electron chi connectivity index (χ2n) is 3.33. The number of nitrogens with zero attached hydrogens (tertiary/aromatic N) is 2. The number of nitriles is 1. The number of imide groups is 1. The maximum Gasteiger partial charge on any atom is 0.238 e. The van der Waals surface area contributed by atoms with Crippen LogP contribution in [0.25, 0.3) is 0 Å². The average Bonchev–Trinajstić information content (AvgIpc) is 2.64. The molecule has 2 atom stereocenters. The summed E-state index contributed by atoms with van der Waals surface area (Å²) in [7, 11) is 1.47. The van der Waals surface area contributed by atoms with Crippen molar-refractivity contribution in [1.82, 2.24) is 4.90 Å². The van der Waals surface area contributed by atoms with Crippen LogP contribution >= 0.6 is 0 Å². The minimum absolute atomic E-state index is 0.156. The predicted octanol–water partition coefficient (Wildman–Crippen LogP) is 0.0711. The van der Waals surface area contributed by atoms with Gasteiger partial charge in [0.25, 0.3) is 0 Å². The number of hydrogen-bond acceptors (Lipinski definition) is 3. The van der Waals surface area contributed by atoms with Crippen LogP contribution in [0, 0.1) is 23.2 Å². The van der Waals surface area contributed by atoms with Gasteiger partial charge in [0.05, 0.1) is 17.9 Å². The number of carbonyl (C=O) groups excluding carboxylic acids is 2. The molecule has 2 amide bonds. The first-order chi connectivity index (χ1) is 6.16. The fourth-order valence-corrected chi connectivity index (χ4v) is 1.96. The Morgan fingerprint density at radius 2 is 2.23 bits per heavy atom. The van der Waals surface area contributed by atoms with Crippen molar-refractivity contribution >= 4 is 11.8 Å². The first kappa shape index (κ1) is 7.99. The molecule has 0 aromatic heterocycles. The van der Waals surface area contributed by atoms with E-state index in [9.17, 15) is 9.59 Å². The number of likely N-dealkylation sites (tertiary alicyclic amines) is 1. The molecular formula is C9H8N2O2. The Hall–Kier alpha value is -1.63. The smallest absolute Gasteiger partial charge is 0.238 e. The van der Waals surface area contributed by atoms with E-state index in [2.05, 4.69) is 0 Å². The number of allylic oxidation sites excluding steroid dienone is 1. The van der Waals surface area contributed by atoms with Gasteiger partial charge in [-0.2, -0.15) is 5.26 Å². The van der Waals surface area contributed by atoms with Crippen molar-refractivity contribution in [2.24, 2.45) is 11.8 Å². The van der Waals surface area contributed by atoms with Gasteiger partial charge < -0.3 is 0 Å².